The van der Waals surface area contributed by atoms with Crippen LogP contribution in [-0.2, 0) is 10.8 Å². The summed E-state index contributed by atoms with van der Waals surface area (Å²) in [6.07, 6.45) is 0. The van der Waals surface area contributed by atoms with Gasteiger partial charge in [0.15, 0.2) is 0 Å². The number of hydrogen-bond donors (Lipinski definition) is 0. The Morgan fingerprint density at radius 3 is 0.952 bits per heavy atom. The molecule has 0 bridgehead atoms. The van der Waals surface area contributed by atoms with Crippen molar-refractivity contribution in [2.75, 3.05) is 0 Å². The summed E-state index contributed by atoms with van der Waals surface area (Å²) in [4.78, 5) is 0. The van der Waals surface area contributed by atoms with Crippen molar-refractivity contribution in [1.29, 1.82) is 0 Å². The maximum absolute atomic E-state index is 4.04. The average molecular weight is 291 g/mol. The van der Waals surface area contributed by atoms with E-state index in [0.29, 0.717) is 0 Å². The van der Waals surface area contributed by atoms with Gasteiger partial charge in [0.25, 0.3) is 0 Å². The molecule has 2 aromatic rings. The number of hydrogen-bond acceptors (Lipinski definition) is 0. The van der Waals surface area contributed by atoms with Crippen molar-refractivity contribution in [2.24, 2.45) is 0 Å². The topological polar surface area (TPSA) is 0 Å². The summed E-state index contributed by atoms with van der Waals surface area (Å²) in [5.74, 6) is 0. The summed E-state index contributed by atoms with van der Waals surface area (Å²) in [6, 6.07) is 20.6. The molecule has 0 radical (unpaired) electrons. The van der Waals surface area contributed by atoms with E-state index >= 15 is 0 Å². The molecule has 1 heteroatoms. The Labute approximate surface area is 147 Å². The minimum absolute atomic E-state index is 0. The normalized spacial score (nSPS) is 11.0. The first-order valence-electron chi connectivity index (χ1n) is 7.03. The Morgan fingerprint density at radius 1 is 0.571 bits per heavy atom. The van der Waals surface area contributed by atoms with Crippen molar-refractivity contribution < 1.29 is 0 Å². The molecule has 21 heavy (non-hydrogen) atoms. The van der Waals surface area contributed by atoms with Crippen molar-refractivity contribution in [2.45, 2.75) is 38.5 Å². The first kappa shape index (κ1) is 20.2. The van der Waals surface area contributed by atoms with E-state index in [0.717, 1.165) is 0 Å². The van der Waals surface area contributed by atoms with Crippen LogP contribution in [-0.4, -0.2) is 23.1 Å². The van der Waals surface area contributed by atoms with Crippen LogP contribution in [0.25, 0.3) is 0 Å². The van der Waals surface area contributed by atoms with Gasteiger partial charge in [0.2, 0.25) is 0 Å². The van der Waals surface area contributed by atoms with Crippen molar-refractivity contribution in [3.63, 3.8) is 0 Å². The van der Waals surface area contributed by atoms with Crippen molar-refractivity contribution in [1.82, 2.24) is 0 Å². The zero-order valence-electron chi connectivity index (χ0n) is 13.9. The molecule has 0 saturated carbocycles. The van der Waals surface area contributed by atoms with E-state index < -0.39 is 0 Å². The molecule has 0 unspecified atom stereocenters. The maximum Gasteiger partial charge on any atom is 2.00 e. The van der Waals surface area contributed by atoms with Gasteiger partial charge in [-0.15, -0.1) is 10.8 Å². The second kappa shape index (κ2) is 8.60. The fourth-order valence-electron chi connectivity index (χ4n) is 1.78. The maximum atomic E-state index is 4.04. The number of benzene rings is 2. The van der Waals surface area contributed by atoms with E-state index in [2.05, 4.69) is 65.8 Å². The quantitative estimate of drug-likeness (QED) is 0.526. The minimum Gasteiger partial charge on any atom is -0.333 e. The van der Waals surface area contributed by atoms with Gasteiger partial charge in [-0.2, -0.15) is 0 Å². The average Bonchev–Trinajstić information content (AvgIpc) is 2.40. The van der Waals surface area contributed by atoms with Gasteiger partial charge in [0.1, 0.15) is 0 Å². The van der Waals surface area contributed by atoms with Gasteiger partial charge in [-0.25, -0.2) is 0 Å². The van der Waals surface area contributed by atoms with Crippen LogP contribution >= 0.6 is 0 Å². The molecule has 0 atom stereocenters. The molecule has 2 rings (SSSR count). The molecule has 0 saturated heterocycles. The zero-order chi connectivity index (χ0) is 15.2. The monoisotopic (exact) mass is 290 g/mol. The Morgan fingerprint density at radius 2 is 0.810 bits per heavy atom. The van der Waals surface area contributed by atoms with Gasteiger partial charge in [-0.1, -0.05) is 99.5 Å². The summed E-state index contributed by atoms with van der Waals surface area (Å²) in [7, 11) is 0. The summed E-state index contributed by atoms with van der Waals surface area (Å²) in [5.41, 5.74) is 2.66. The largest absolute Gasteiger partial charge is 2.00 e. The molecule has 108 valence electrons. The Hall–Kier alpha value is -0.794. The predicted molar refractivity (Wildman–Crippen MR) is 95.4 cm³/mol. The van der Waals surface area contributed by atoms with Crippen LogP contribution in [0.2, 0.25) is 0 Å². The third-order valence-electron chi connectivity index (χ3n) is 3.11. The Bertz CT molecular complexity index is 437. The van der Waals surface area contributed by atoms with Gasteiger partial charge in [0, 0.05) is 0 Å². The molecule has 0 N–H and O–H groups in total. The van der Waals surface area contributed by atoms with Gasteiger partial charge >= 0.3 is 23.1 Å². The van der Waals surface area contributed by atoms with Crippen molar-refractivity contribution in [3.8, 4) is 0 Å². The fourth-order valence-corrected chi connectivity index (χ4v) is 1.78. The van der Waals surface area contributed by atoms with Crippen molar-refractivity contribution >= 4 is 23.1 Å². The van der Waals surface area contributed by atoms with E-state index in [1.807, 2.05) is 36.4 Å². The molecule has 0 aromatic heterocycles. The molecule has 0 aliphatic rings. The van der Waals surface area contributed by atoms with E-state index in [9.17, 15) is 0 Å². The van der Waals surface area contributed by atoms with Gasteiger partial charge in [-0.3, -0.25) is 0 Å². The summed E-state index contributed by atoms with van der Waals surface area (Å²) in [6.45, 7) is 16.5. The van der Waals surface area contributed by atoms with Crippen LogP contribution in [0.4, 0.5) is 0 Å². The summed E-state index contributed by atoms with van der Waals surface area (Å²) < 4.78 is 0. The number of rotatable bonds is 2. The first-order valence-corrected chi connectivity index (χ1v) is 7.03. The molecule has 2 aromatic carbocycles. The zero-order valence-corrected chi connectivity index (χ0v) is 15.3. The minimum atomic E-state index is 0. The van der Waals surface area contributed by atoms with Gasteiger partial charge in [0.05, 0.1) is 0 Å². The molecule has 0 aliphatic carbocycles. The molecule has 0 nitrogen and oxygen atoms in total. The first-order chi connectivity index (χ1) is 9.21. The van der Waals surface area contributed by atoms with Crippen LogP contribution in [0.1, 0.15) is 38.8 Å². The standard InChI is InChI=1S/2C10H13.Mg/c2*1-10(2,3)9-7-5-4-6-8-9;/h2*4-8H,1H2,2-3H3;/q2*-1;+2. The summed E-state index contributed by atoms with van der Waals surface area (Å²) >= 11 is 0. The van der Waals surface area contributed by atoms with Crippen LogP contribution < -0.4 is 0 Å². The SMILES string of the molecule is [CH2-]C(C)(C)c1ccccc1.[CH2-]C(C)(C)c1ccccc1.[Mg+2]. The molecule has 0 aliphatic heterocycles. The van der Waals surface area contributed by atoms with E-state index in [4.69, 9.17) is 0 Å². The molecule has 0 heterocycles. The molecular weight excluding hydrogens is 265 g/mol. The van der Waals surface area contributed by atoms with E-state index in [-0.39, 0.29) is 33.9 Å². The second-order valence-electron chi connectivity index (χ2n) is 6.50. The Kier molecular flexibility index (Phi) is 8.28. The second-order valence-corrected chi connectivity index (χ2v) is 6.50. The predicted octanol–water partition coefficient (Wildman–Crippen LogP) is 5.22. The van der Waals surface area contributed by atoms with E-state index in [1.165, 1.54) is 11.1 Å². The fraction of sp³-hybridized carbons (Fsp3) is 0.300. The third-order valence-corrected chi connectivity index (χ3v) is 3.11. The van der Waals surface area contributed by atoms with Crippen LogP contribution in [0.5, 0.6) is 0 Å². The van der Waals surface area contributed by atoms with Gasteiger partial charge < -0.3 is 13.8 Å². The third kappa shape index (κ3) is 7.68. The molecule has 0 amide bonds. The summed E-state index contributed by atoms with van der Waals surface area (Å²) in [5, 5.41) is 0. The van der Waals surface area contributed by atoms with Gasteiger partial charge in [-0.05, 0) is 0 Å². The van der Waals surface area contributed by atoms with Crippen LogP contribution in [0, 0.1) is 13.8 Å². The van der Waals surface area contributed by atoms with E-state index in [1.54, 1.807) is 0 Å². The smallest absolute Gasteiger partial charge is 0.333 e. The van der Waals surface area contributed by atoms with Crippen molar-refractivity contribution in [3.05, 3.63) is 85.6 Å². The van der Waals surface area contributed by atoms with Crippen LogP contribution in [0.15, 0.2) is 60.7 Å². The molecule has 0 fully saturated rings. The van der Waals surface area contributed by atoms with Crippen LogP contribution in [0.3, 0.4) is 0 Å². The molecule has 0 spiro atoms. The molecular formula is C20H26Mg. The Balaban J connectivity index is 0.000000364.